The molecule has 4 aliphatic heterocycles. The Bertz CT molecular complexity index is 2340. The molecule has 18 nitrogen and oxygen atoms in total. The number of carbonyl (C=O) groups is 2. The standard InChI is InChI=1S/C20H23N7O2S.C14H19ClN4O2.C6H5N3S/c1-3-14-19(28)25(2)15-12-23-20(24-16(15)27(14)13-4-9-29-10-5-13)26-8-6-21-17(26)18-22-7-11-30-18;1-3-10-13(20)18(2)11-8-16-14(15)17-12(11)19(10)9-4-6-21-7-5-9;1-2-8-5(7-1)6-9-3-4-10-6/h6-8,11-14H,3-5,9-10H2,1-2H3;8-10H,3-7H2,1-2H3;1-4H,(H,7,8)/t14-;10-;/m11./s1. The minimum Gasteiger partial charge on any atom is -0.381 e. The lowest BCUT2D eigenvalue weighted by molar-refractivity contribution is -0.121. The van der Waals surface area contributed by atoms with Crippen LogP contribution in [-0.2, 0) is 19.1 Å². The van der Waals surface area contributed by atoms with Crippen LogP contribution in [0, 0.1) is 0 Å². The fourth-order valence-electron chi connectivity index (χ4n) is 8.09. The SMILES string of the molecule is CC[C@@H]1C(=O)N(C)c2cnc(-n3ccnc3-c3nccs3)nc2N1C1CCOCC1.CC[C@@H]1C(=O)N(C)c2cnc(Cl)nc2N1C1CCOCC1.c1c[nH]c(-c2nccs2)n1. The second-order valence-corrected chi connectivity index (χ2v) is 16.7. The number of rotatable bonds is 7. The lowest BCUT2D eigenvalue weighted by Crippen LogP contribution is -2.57. The van der Waals surface area contributed by atoms with E-state index in [1.807, 2.05) is 35.4 Å². The highest BCUT2D eigenvalue weighted by Gasteiger charge is 2.42. The highest BCUT2D eigenvalue weighted by molar-refractivity contribution is 7.13. The van der Waals surface area contributed by atoms with Gasteiger partial charge in [0, 0.05) is 101 Å². The Morgan fingerprint density at radius 1 is 0.705 bits per heavy atom. The Morgan fingerprint density at radius 2 is 1.26 bits per heavy atom. The Balaban J connectivity index is 0.000000143. The minimum atomic E-state index is -0.241. The number of thiazole rings is 2. The van der Waals surface area contributed by atoms with Gasteiger partial charge in [-0.25, -0.2) is 29.9 Å². The van der Waals surface area contributed by atoms with E-state index in [-0.39, 0.29) is 41.3 Å². The Labute approximate surface area is 366 Å². The molecule has 0 radical (unpaired) electrons. The molecule has 0 bridgehead atoms. The molecular formula is C40H47ClN14O4S2. The van der Waals surface area contributed by atoms with Crippen molar-refractivity contribution in [3.8, 4) is 27.6 Å². The number of imidazole rings is 2. The smallest absolute Gasteiger partial charge is 0.249 e. The summed E-state index contributed by atoms with van der Waals surface area (Å²) in [5, 5.41) is 5.80. The van der Waals surface area contributed by atoms with Crippen LogP contribution in [0.15, 0.2) is 60.3 Å². The number of carbonyl (C=O) groups excluding carboxylic acids is 2. The molecule has 2 saturated heterocycles. The predicted octanol–water partition coefficient (Wildman–Crippen LogP) is 5.93. The maximum absolute atomic E-state index is 13.1. The second kappa shape index (κ2) is 19.1. The highest BCUT2D eigenvalue weighted by Crippen LogP contribution is 2.40. The summed E-state index contributed by atoms with van der Waals surface area (Å²) < 4.78 is 12.8. The van der Waals surface area contributed by atoms with E-state index in [1.54, 1.807) is 78.6 Å². The molecule has 1 N–H and O–H groups in total. The van der Waals surface area contributed by atoms with E-state index in [9.17, 15) is 9.59 Å². The molecule has 21 heteroatoms. The fraction of sp³-hybridized carbons (Fsp3) is 0.450. The molecule has 10 rings (SSSR count). The summed E-state index contributed by atoms with van der Waals surface area (Å²) in [5.41, 5.74) is 1.46. The number of likely N-dealkylation sites (N-methyl/N-ethyl adjacent to an activating group) is 2. The fourth-order valence-corrected chi connectivity index (χ4v) is 9.45. The summed E-state index contributed by atoms with van der Waals surface area (Å²) in [6.45, 7) is 6.91. The third kappa shape index (κ3) is 8.72. The summed E-state index contributed by atoms with van der Waals surface area (Å²) in [6, 6.07) is 0.0290. The molecule has 0 spiro atoms. The maximum Gasteiger partial charge on any atom is 0.249 e. The number of anilines is 4. The molecule has 320 valence electrons. The highest BCUT2D eigenvalue weighted by atomic mass is 35.5. The van der Waals surface area contributed by atoms with Gasteiger partial charge in [-0.3, -0.25) is 14.2 Å². The summed E-state index contributed by atoms with van der Waals surface area (Å²) in [6.07, 6.45) is 19.0. The molecule has 6 aromatic rings. The van der Waals surface area contributed by atoms with Crippen LogP contribution in [0.1, 0.15) is 52.4 Å². The number of halogens is 1. The predicted molar refractivity (Wildman–Crippen MR) is 235 cm³/mol. The number of hydrogen-bond donors (Lipinski definition) is 1. The van der Waals surface area contributed by atoms with E-state index in [0.717, 1.165) is 90.6 Å². The first kappa shape index (κ1) is 42.3. The van der Waals surface area contributed by atoms with Gasteiger partial charge in [0.15, 0.2) is 33.3 Å². The van der Waals surface area contributed by atoms with E-state index >= 15 is 0 Å². The van der Waals surface area contributed by atoms with E-state index < -0.39 is 0 Å². The number of H-pyrrole nitrogens is 1. The molecule has 2 atom stereocenters. The van der Waals surface area contributed by atoms with Crippen LogP contribution in [0.25, 0.3) is 27.6 Å². The van der Waals surface area contributed by atoms with Crippen molar-refractivity contribution in [1.82, 2.24) is 49.4 Å². The van der Waals surface area contributed by atoms with Crippen molar-refractivity contribution < 1.29 is 19.1 Å². The van der Waals surface area contributed by atoms with E-state index in [4.69, 9.17) is 26.1 Å². The van der Waals surface area contributed by atoms with Gasteiger partial charge in [0.25, 0.3) is 0 Å². The van der Waals surface area contributed by atoms with Crippen molar-refractivity contribution in [1.29, 1.82) is 0 Å². The molecule has 4 aliphatic rings. The molecule has 0 aromatic carbocycles. The zero-order valence-corrected chi connectivity index (χ0v) is 36.7. The molecule has 6 aromatic heterocycles. The topological polar surface area (TPSA) is 189 Å². The lowest BCUT2D eigenvalue weighted by Gasteiger charge is -2.45. The van der Waals surface area contributed by atoms with Gasteiger partial charge in [-0.15, -0.1) is 22.7 Å². The maximum atomic E-state index is 13.1. The van der Waals surface area contributed by atoms with Crippen molar-refractivity contribution >= 4 is 69.1 Å². The largest absolute Gasteiger partial charge is 0.381 e. The lowest BCUT2D eigenvalue weighted by atomic mass is 9.99. The molecule has 61 heavy (non-hydrogen) atoms. The van der Waals surface area contributed by atoms with E-state index in [1.165, 1.54) is 11.3 Å². The van der Waals surface area contributed by atoms with Crippen LogP contribution in [0.4, 0.5) is 23.0 Å². The first-order chi connectivity index (χ1) is 29.8. The third-order valence-electron chi connectivity index (χ3n) is 11.1. The monoisotopic (exact) mass is 886 g/mol. The van der Waals surface area contributed by atoms with Gasteiger partial charge >= 0.3 is 0 Å². The molecule has 0 aliphatic carbocycles. The number of hydrogen-bond acceptors (Lipinski definition) is 16. The molecule has 2 amide bonds. The average Bonchev–Trinajstić information content (AvgIpc) is 4.15. The van der Waals surface area contributed by atoms with Crippen molar-refractivity contribution in [3.63, 3.8) is 0 Å². The first-order valence-electron chi connectivity index (χ1n) is 20.3. The molecular weight excluding hydrogens is 840 g/mol. The number of aromatic amines is 1. The second-order valence-electron chi connectivity index (χ2n) is 14.6. The van der Waals surface area contributed by atoms with Gasteiger partial charge in [0.1, 0.15) is 23.5 Å². The van der Waals surface area contributed by atoms with E-state index in [2.05, 4.69) is 49.7 Å². The van der Waals surface area contributed by atoms with Crippen LogP contribution < -0.4 is 19.6 Å². The van der Waals surface area contributed by atoms with Gasteiger partial charge in [-0.1, -0.05) is 13.8 Å². The number of nitrogens with zero attached hydrogens (tertiary/aromatic N) is 13. The number of ether oxygens (including phenoxy) is 2. The average molecular weight is 887 g/mol. The minimum absolute atomic E-state index is 0.0824. The molecule has 2 fully saturated rings. The zero-order valence-electron chi connectivity index (χ0n) is 34.3. The van der Waals surface area contributed by atoms with Gasteiger partial charge in [0.05, 0.1) is 12.4 Å². The summed E-state index contributed by atoms with van der Waals surface area (Å²) in [7, 11) is 3.56. The number of fused-ring (bicyclic) bond motifs is 2. The van der Waals surface area contributed by atoms with Gasteiger partial charge < -0.3 is 34.1 Å². The van der Waals surface area contributed by atoms with Crippen LogP contribution >= 0.6 is 34.3 Å². The molecule has 10 heterocycles. The third-order valence-corrected chi connectivity index (χ3v) is 12.9. The van der Waals surface area contributed by atoms with Crippen LogP contribution in [-0.4, -0.2) is 126 Å². The summed E-state index contributed by atoms with van der Waals surface area (Å²) in [4.78, 5) is 71.2. The van der Waals surface area contributed by atoms with Gasteiger partial charge in [-0.2, -0.15) is 9.97 Å². The van der Waals surface area contributed by atoms with Crippen LogP contribution in [0.5, 0.6) is 0 Å². The number of nitrogens with one attached hydrogen (secondary N) is 1. The van der Waals surface area contributed by atoms with E-state index in [0.29, 0.717) is 25.0 Å². The van der Waals surface area contributed by atoms with Crippen molar-refractivity contribution in [2.24, 2.45) is 0 Å². The number of aromatic nitrogens is 10. The van der Waals surface area contributed by atoms with Gasteiger partial charge in [-0.05, 0) is 50.1 Å². The summed E-state index contributed by atoms with van der Waals surface area (Å²) in [5.74, 6) is 3.79. The van der Waals surface area contributed by atoms with Crippen LogP contribution in [0.3, 0.4) is 0 Å². The zero-order chi connectivity index (χ0) is 42.5. The Hall–Kier alpha value is -5.41. The van der Waals surface area contributed by atoms with Gasteiger partial charge in [0.2, 0.25) is 23.0 Å². The molecule has 0 unspecified atom stereocenters. The Morgan fingerprint density at radius 3 is 1.79 bits per heavy atom. The first-order valence-corrected chi connectivity index (χ1v) is 22.4. The quantitative estimate of drug-likeness (QED) is 0.186. The normalized spacial score (nSPS) is 19.5. The Kier molecular flexibility index (Phi) is 13.2. The molecule has 0 saturated carbocycles. The van der Waals surface area contributed by atoms with Crippen molar-refractivity contribution in [2.45, 2.75) is 76.5 Å². The number of amides is 2. The van der Waals surface area contributed by atoms with Crippen LogP contribution in [0.2, 0.25) is 5.28 Å². The summed E-state index contributed by atoms with van der Waals surface area (Å²) >= 11 is 9.07. The van der Waals surface area contributed by atoms with Crippen molar-refractivity contribution in [3.05, 3.63) is 65.6 Å². The van der Waals surface area contributed by atoms with Crippen molar-refractivity contribution in [2.75, 3.05) is 60.1 Å².